The van der Waals surface area contributed by atoms with Crippen molar-refractivity contribution in [2.45, 2.75) is 26.4 Å². The zero-order valence-electron chi connectivity index (χ0n) is 8.56. The van der Waals surface area contributed by atoms with Crippen LogP contribution in [-0.2, 0) is 11.3 Å². The minimum atomic E-state index is -0.293. The van der Waals surface area contributed by atoms with Gasteiger partial charge in [0.25, 0.3) is 0 Å². The first-order valence-corrected chi connectivity index (χ1v) is 4.73. The molecule has 4 heteroatoms. The highest BCUT2D eigenvalue weighted by Crippen LogP contribution is 2.05. The number of rotatable bonds is 4. The summed E-state index contributed by atoms with van der Waals surface area (Å²) in [7, 11) is 0. The average Bonchev–Trinajstić information content (AvgIpc) is 2.51. The van der Waals surface area contributed by atoms with Crippen LogP contribution in [0.15, 0.2) is 18.3 Å². The molecule has 1 aromatic rings. The molecule has 0 bridgehead atoms. The molecule has 0 aliphatic rings. The summed E-state index contributed by atoms with van der Waals surface area (Å²) in [5, 5.41) is 0. The van der Waals surface area contributed by atoms with E-state index >= 15 is 0 Å². The number of hydrogen-bond donors (Lipinski definition) is 1. The molecule has 0 aliphatic carbocycles. The van der Waals surface area contributed by atoms with Crippen LogP contribution in [-0.4, -0.2) is 23.2 Å². The molecule has 0 fully saturated rings. The van der Waals surface area contributed by atoms with Gasteiger partial charge in [-0.2, -0.15) is 0 Å². The molecule has 2 N–H and O–H groups in total. The van der Waals surface area contributed by atoms with Crippen LogP contribution in [0.2, 0.25) is 0 Å². The lowest BCUT2D eigenvalue weighted by atomic mass is 10.3. The summed E-state index contributed by atoms with van der Waals surface area (Å²) < 4.78 is 6.72. The van der Waals surface area contributed by atoms with Crippen molar-refractivity contribution in [1.29, 1.82) is 0 Å². The molecule has 0 saturated heterocycles. The molecule has 1 aromatic heterocycles. The van der Waals surface area contributed by atoms with Gasteiger partial charge in [0.1, 0.15) is 5.69 Å². The zero-order valence-corrected chi connectivity index (χ0v) is 8.56. The van der Waals surface area contributed by atoms with E-state index in [-0.39, 0.29) is 12.0 Å². The second-order valence-corrected chi connectivity index (χ2v) is 3.24. The summed E-state index contributed by atoms with van der Waals surface area (Å²) in [4.78, 5) is 11.4. The smallest absolute Gasteiger partial charge is 0.354 e. The van der Waals surface area contributed by atoms with E-state index in [4.69, 9.17) is 10.5 Å². The summed E-state index contributed by atoms with van der Waals surface area (Å²) >= 11 is 0. The van der Waals surface area contributed by atoms with Gasteiger partial charge >= 0.3 is 5.97 Å². The molecule has 0 spiro atoms. The van der Waals surface area contributed by atoms with Crippen LogP contribution in [0.4, 0.5) is 0 Å². The Labute approximate surface area is 83.7 Å². The van der Waals surface area contributed by atoms with Gasteiger partial charge in [-0.3, -0.25) is 0 Å². The van der Waals surface area contributed by atoms with E-state index in [9.17, 15) is 4.79 Å². The van der Waals surface area contributed by atoms with E-state index in [0.29, 0.717) is 18.8 Å². The molecule has 0 amide bonds. The third kappa shape index (κ3) is 2.60. The first-order chi connectivity index (χ1) is 6.65. The highest BCUT2D eigenvalue weighted by Gasteiger charge is 2.11. The molecular formula is C10H16N2O2. The summed E-state index contributed by atoms with van der Waals surface area (Å²) in [5.74, 6) is -0.293. The fourth-order valence-electron chi connectivity index (χ4n) is 1.27. The summed E-state index contributed by atoms with van der Waals surface area (Å²) in [6, 6.07) is 3.57. The third-order valence-electron chi connectivity index (χ3n) is 1.80. The fourth-order valence-corrected chi connectivity index (χ4v) is 1.27. The number of nitrogens with two attached hydrogens (primary N) is 1. The van der Waals surface area contributed by atoms with Crippen molar-refractivity contribution in [2.75, 3.05) is 6.61 Å². The normalized spacial score (nSPS) is 12.5. The molecule has 1 rings (SSSR count). The largest absolute Gasteiger partial charge is 0.461 e. The standard InChI is InChI=1S/C10H16N2O2/c1-3-14-10(13)9-5-4-6-12(9)7-8(2)11/h4-6,8H,3,7,11H2,1-2H3. The molecule has 4 nitrogen and oxygen atoms in total. The summed E-state index contributed by atoms with van der Waals surface area (Å²) in [6.45, 7) is 4.70. The number of carbonyl (C=O) groups is 1. The highest BCUT2D eigenvalue weighted by atomic mass is 16.5. The maximum Gasteiger partial charge on any atom is 0.354 e. The predicted molar refractivity (Wildman–Crippen MR) is 54.0 cm³/mol. The molecular weight excluding hydrogens is 180 g/mol. The van der Waals surface area contributed by atoms with Crippen LogP contribution < -0.4 is 5.73 Å². The molecule has 0 saturated carbocycles. The molecule has 1 heterocycles. The van der Waals surface area contributed by atoms with E-state index in [2.05, 4.69) is 0 Å². The van der Waals surface area contributed by atoms with Crippen molar-refractivity contribution in [3.05, 3.63) is 24.0 Å². The Bertz CT molecular complexity index is 305. The van der Waals surface area contributed by atoms with Crippen LogP contribution in [0.25, 0.3) is 0 Å². The van der Waals surface area contributed by atoms with Gasteiger partial charge in [-0.25, -0.2) is 4.79 Å². The Hall–Kier alpha value is -1.29. The van der Waals surface area contributed by atoms with E-state index in [1.165, 1.54) is 0 Å². The van der Waals surface area contributed by atoms with E-state index in [1.54, 1.807) is 13.0 Å². The van der Waals surface area contributed by atoms with Crippen LogP contribution >= 0.6 is 0 Å². The number of esters is 1. The molecule has 1 atom stereocenters. The Morgan fingerprint density at radius 3 is 3.00 bits per heavy atom. The summed E-state index contributed by atoms with van der Waals surface area (Å²) in [6.07, 6.45) is 1.83. The molecule has 78 valence electrons. The van der Waals surface area contributed by atoms with E-state index in [0.717, 1.165) is 0 Å². The minimum absolute atomic E-state index is 0.0237. The fraction of sp³-hybridized carbons (Fsp3) is 0.500. The van der Waals surface area contributed by atoms with Crippen molar-refractivity contribution >= 4 is 5.97 Å². The lowest BCUT2D eigenvalue weighted by molar-refractivity contribution is 0.0513. The van der Waals surface area contributed by atoms with Gasteiger partial charge in [-0.1, -0.05) is 0 Å². The monoisotopic (exact) mass is 196 g/mol. The number of ether oxygens (including phenoxy) is 1. The maximum atomic E-state index is 11.4. The van der Waals surface area contributed by atoms with Gasteiger partial charge in [0.15, 0.2) is 0 Å². The third-order valence-corrected chi connectivity index (χ3v) is 1.80. The Kier molecular flexibility index (Phi) is 3.71. The first kappa shape index (κ1) is 10.8. The second kappa shape index (κ2) is 4.81. The van der Waals surface area contributed by atoms with Crippen molar-refractivity contribution in [3.63, 3.8) is 0 Å². The molecule has 0 aliphatic heterocycles. The number of aromatic nitrogens is 1. The molecule has 1 unspecified atom stereocenters. The number of carbonyl (C=O) groups excluding carboxylic acids is 1. The van der Waals surface area contributed by atoms with Crippen LogP contribution in [0.3, 0.4) is 0 Å². The van der Waals surface area contributed by atoms with Gasteiger partial charge < -0.3 is 15.0 Å². The van der Waals surface area contributed by atoms with Crippen molar-refractivity contribution < 1.29 is 9.53 Å². The van der Waals surface area contributed by atoms with E-state index in [1.807, 2.05) is 23.8 Å². The van der Waals surface area contributed by atoms with Gasteiger partial charge in [-0.15, -0.1) is 0 Å². The van der Waals surface area contributed by atoms with Crippen LogP contribution in [0.1, 0.15) is 24.3 Å². The molecule has 0 radical (unpaired) electrons. The Balaban J connectivity index is 2.76. The van der Waals surface area contributed by atoms with E-state index < -0.39 is 0 Å². The molecule has 14 heavy (non-hydrogen) atoms. The Morgan fingerprint density at radius 2 is 2.43 bits per heavy atom. The van der Waals surface area contributed by atoms with Gasteiger partial charge in [-0.05, 0) is 26.0 Å². The van der Waals surface area contributed by atoms with Crippen LogP contribution in [0.5, 0.6) is 0 Å². The van der Waals surface area contributed by atoms with Gasteiger partial charge in [0.2, 0.25) is 0 Å². The van der Waals surface area contributed by atoms with Gasteiger partial charge in [0.05, 0.1) is 6.61 Å². The zero-order chi connectivity index (χ0) is 10.6. The van der Waals surface area contributed by atoms with Crippen molar-refractivity contribution in [1.82, 2.24) is 4.57 Å². The quantitative estimate of drug-likeness (QED) is 0.731. The highest BCUT2D eigenvalue weighted by molar-refractivity contribution is 5.87. The first-order valence-electron chi connectivity index (χ1n) is 4.73. The van der Waals surface area contributed by atoms with Crippen molar-refractivity contribution in [2.24, 2.45) is 5.73 Å². The molecule has 0 aromatic carbocycles. The lowest BCUT2D eigenvalue weighted by Gasteiger charge is -2.10. The summed E-state index contributed by atoms with van der Waals surface area (Å²) in [5.41, 5.74) is 6.21. The Morgan fingerprint density at radius 1 is 1.71 bits per heavy atom. The average molecular weight is 196 g/mol. The SMILES string of the molecule is CCOC(=O)c1cccn1CC(C)N. The number of hydrogen-bond acceptors (Lipinski definition) is 3. The number of nitrogens with zero attached hydrogens (tertiary/aromatic N) is 1. The maximum absolute atomic E-state index is 11.4. The minimum Gasteiger partial charge on any atom is -0.461 e. The predicted octanol–water partition coefficient (Wildman–Crippen LogP) is 1.01. The second-order valence-electron chi connectivity index (χ2n) is 3.24. The topological polar surface area (TPSA) is 57.2 Å². The van der Waals surface area contributed by atoms with Crippen molar-refractivity contribution in [3.8, 4) is 0 Å². The van der Waals surface area contributed by atoms with Crippen LogP contribution in [0, 0.1) is 0 Å². The van der Waals surface area contributed by atoms with Gasteiger partial charge in [0, 0.05) is 18.8 Å². The lowest BCUT2D eigenvalue weighted by Crippen LogP contribution is -2.24.